The Morgan fingerprint density at radius 1 is 1.50 bits per heavy atom. The Balaban J connectivity index is 2.04. The number of benzene rings is 1. The van der Waals surface area contributed by atoms with Crippen LogP contribution >= 0.6 is 0 Å². The first kappa shape index (κ1) is 14.5. The zero-order valence-electron chi connectivity index (χ0n) is 11.8. The number of amides is 1. The summed E-state index contributed by atoms with van der Waals surface area (Å²) in [6, 6.07) is 11.8. The molecule has 2 unspecified atom stereocenters. The molecule has 1 heterocycles. The first-order valence-electron chi connectivity index (χ1n) is 7.08. The van der Waals surface area contributed by atoms with Gasteiger partial charge in [0.1, 0.15) is 6.04 Å². The van der Waals surface area contributed by atoms with E-state index in [0.717, 1.165) is 6.42 Å². The first-order valence-corrected chi connectivity index (χ1v) is 7.08. The van der Waals surface area contributed by atoms with Crippen LogP contribution in [0.4, 0.5) is 0 Å². The van der Waals surface area contributed by atoms with Gasteiger partial charge in [-0.05, 0) is 17.9 Å². The van der Waals surface area contributed by atoms with Gasteiger partial charge in [0.25, 0.3) is 0 Å². The predicted molar refractivity (Wildman–Crippen MR) is 76.0 cm³/mol. The first-order chi connectivity index (χ1) is 9.76. The lowest BCUT2D eigenvalue weighted by molar-refractivity contribution is -0.138. The number of nitriles is 1. The molecule has 4 heteroatoms. The maximum Gasteiger partial charge on any atom is 0.224 e. The van der Waals surface area contributed by atoms with Crippen LogP contribution < -0.4 is 0 Å². The van der Waals surface area contributed by atoms with E-state index in [0.29, 0.717) is 26.2 Å². The lowest BCUT2D eigenvalue weighted by Gasteiger charge is -2.32. The van der Waals surface area contributed by atoms with Gasteiger partial charge in [-0.1, -0.05) is 37.3 Å². The number of hydrogen-bond acceptors (Lipinski definition) is 3. The second-order valence-corrected chi connectivity index (χ2v) is 5.03. The Morgan fingerprint density at radius 2 is 2.25 bits per heavy atom. The van der Waals surface area contributed by atoms with Crippen molar-refractivity contribution in [3.63, 3.8) is 0 Å². The van der Waals surface area contributed by atoms with E-state index in [1.54, 1.807) is 4.90 Å². The highest BCUT2D eigenvalue weighted by molar-refractivity contribution is 5.78. The van der Waals surface area contributed by atoms with Crippen molar-refractivity contribution in [2.24, 2.45) is 0 Å². The second-order valence-electron chi connectivity index (χ2n) is 5.03. The molecule has 1 fully saturated rings. The fourth-order valence-electron chi connectivity index (χ4n) is 2.56. The average Bonchev–Trinajstić information content (AvgIpc) is 2.53. The number of carbonyl (C=O) groups is 1. The molecule has 0 aromatic heterocycles. The highest BCUT2D eigenvalue weighted by Gasteiger charge is 2.28. The normalized spacial score (nSPS) is 20.2. The molecule has 0 saturated carbocycles. The molecule has 2 rings (SSSR count). The van der Waals surface area contributed by atoms with Gasteiger partial charge in [0, 0.05) is 13.0 Å². The minimum atomic E-state index is -0.440. The lowest BCUT2D eigenvalue weighted by Crippen LogP contribution is -2.48. The van der Waals surface area contributed by atoms with Crippen LogP contribution in [0.25, 0.3) is 0 Å². The van der Waals surface area contributed by atoms with Crippen LogP contribution in [0.2, 0.25) is 0 Å². The van der Waals surface area contributed by atoms with Gasteiger partial charge in [0.15, 0.2) is 0 Å². The van der Waals surface area contributed by atoms with Crippen molar-refractivity contribution < 1.29 is 9.53 Å². The highest BCUT2D eigenvalue weighted by Crippen LogP contribution is 2.24. The molecule has 1 saturated heterocycles. The predicted octanol–water partition coefficient (Wildman–Crippen LogP) is 2.32. The third-order valence-electron chi connectivity index (χ3n) is 3.78. The van der Waals surface area contributed by atoms with Crippen molar-refractivity contribution in [3.8, 4) is 6.07 Å². The van der Waals surface area contributed by atoms with E-state index in [4.69, 9.17) is 10.00 Å². The van der Waals surface area contributed by atoms with E-state index in [1.807, 2.05) is 18.2 Å². The largest absolute Gasteiger partial charge is 0.376 e. The van der Waals surface area contributed by atoms with Gasteiger partial charge >= 0.3 is 0 Å². The standard InChI is InChI=1S/C16H20N2O2/c1-2-13(14-6-4-3-5-7-14)10-16(19)18-8-9-20-12-15(18)11-17/h3-7,13,15H,2,8-10,12H2,1H3. The summed E-state index contributed by atoms with van der Waals surface area (Å²) in [4.78, 5) is 14.1. The summed E-state index contributed by atoms with van der Waals surface area (Å²) in [5.41, 5.74) is 1.19. The van der Waals surface area contributed by atoms with E-state index in [-0.39, 0.29) is 11.8 Å². The van der Waals surface area contributed by atoms with Crippen LogP contribution in [0.1, 0.15) is 31.2 Å². The number of ether oxygens (including phenoxy) is 1. The fourth-order valence-corrected chi connectivity index (χ4v) is 2.56. The van der Waals surface area contributed by atoms with Crippen LogP contribution in [0.5, 0.6) is 0 Å². The lowest BCUT2D eigenvalue weighted by atomic mass is 9.92. The van der Waals surface area contributed by atoms with Crippen LogP contribution in [-0.2, 0) is 9.53 Å². The van der Waals surface area contributed by atoms with Gasteiger partial charge in [-0.15, -0.1) is 0 Å². The summed E-state index contributed by atoms with van der Waals surface area (Å²) in [5.74, 6) is 0.265. The third kappa shape index (κ3) is 3.37. The second kappa shape index (κ2) is 7.06. The van der Waals surface area contributed by atoms with Crippen LogP contribution in [-0.4, -0.2) is 36.6 Å². The molecule has 0 N–H and O–H groups in total. The molecule has 0 aliphatic carbocycles. The Kier molecular flexibility index (Phi) is 5.14. The average molecular weight is 272 g/mol. The zero-order chi connectivity index (χ0) is 14.4. The maximum atomic E-state index is 12.4. The highest BCUT2D eigenvalue weighted by atomic mass is 16.5. The summed E-state index contributed by atoms with van der Waals surface area (Å²) in [6.45, 7) is 3.45. The van der Waals surface area contributed by atoms with Gasteiger partial charge in [-0.3, -0.25) is 4.79 Å². The summed E-state index contributed by atoms with van der Waals surface area (Å²) in [6.07, 6.45) is 1.37. The monoisotopic (exact) mass is 272 g/mol. The van der Waals surface area contributed by atoms with Gasteiger partial charge in [-0.25, -0.2) is 0 Å². The minimum Gasteiger partial charge on any atom is -0.376 e. The van der Waals surface area contributed by atoms with Gasteiger partial charge < -0.3 is 9.64 Å². The van der Waals surface area contributed by atoms with Crippen molar-refractivity contribution in [1.29, 1.82) is 5.26 Å². The van der Waals surface area contributed by atoms with Crippen molar-refractivity contribution in [2.45, 2.75) is 31.7 Å². The van der Waals surface area contributed by atoms with Crippen molar-refractivity contribution in [2.75, 3.05) is 19.8 Å². The fraction of sp³-hybridized carbons (Fsp3) is 0.500. The van der Waals surface area contributed by atoms with Gasteiger partial charge in [0.05, 0.1) is 19.3 Å². The van der Waals surface area contributed by atoms with E-state index in [9.17, 15) is 4.79 Å². The van der Waals surface area contributed by atoms with Crippen molar-refractivity contribution in [3.05, 3.63) is 35.9 Å². The summed E-state index contributed by atoms with van der Waals surface area (Å²) in [7, 11) is 0. The molecule has 20 heavy (non-hydrogen) atoms. The number of hydrogen-bond donors (Lipinski definition) is 0. The Hall–Kier alpha value is -1.86. The maximum absolute atomic E-state index is 12.4. The molecular formula is C16H20N2O2. The molecule has 1 aromatic carbocycles. The topological polar surface area (TPSA) is 53.3 Å². The quantitative estimate of drug-likeness (QED) is 0.845. The summed E-state index contributed by atoms with van der Waals surface area (Å²) >= 11 is 0. The van der Waals surface area contributed by atoms with E-state index >= 15 is 0 Å². The van der Waals surface area contributed by atoms with Crippen LogP contribution in [0.15, 0.2) is 30.3 Å². The molecule has 0 bridgehead atoms. The molecule has 0 spiro atoms. The molecule has 0 radical (unpaired) electrons. The smallest absolute Gasteiger partial charge is 0.224 e. The number of carbonyl (C=O) groups excluding carboxylic acids is 1. The van der Waals surface area contributed by atoms with E-state index in [2.05, 4.69) is 25.1 Å². The summed E-state index contributed by atoms with van der Waals surface area (Å²) in [5, 5.41) is 9.09. The Bertz CT molecular complexity index is 481. The van der Waals surface area contributed by atoms with Crippen LogP contribution in [0.3, 0.4) is 0 Å². The molecule has 4 nitrogen and oxygen atoms in total. The molecule has 1 aromatic rings. The summed E-state index contributed by atoms with van der Waals surface area (Å²) < 4.78 is 5.25. The Morgan fingerprint density at radius 3 is 2.90 bits per heavy atom. The molecule has 106 valence electrons. The molecule has 1 amide bonds. The molecule has 1 aliphatic heterocycles. The van der Waals surface area contributed by atoms with Crippen molar-refractivity contribution >= 4 is 5.91 Å². The Labute approximate surface area is 120 Å². The molecule has 1 aliphatic rings. The SMILES string of the molecule is CCC(CC(=O)N1CCOCC1C#N)c1ccccc1. The van der Waals surface area contributed by atoms with Gasteiger partial charge in [0.2, 0.25) is 5.91 Å². The van der Waals surface area contributed by atoms with Crippen LogP contribution in [0, 0.1) is 11.3 Å². The molecule has 2 atom stereocenters. The number of nitrogens with zero attached hydrogens (tertiary/aromatic N) is 2. The molecular weight excluding hydrogens is 252 g/mol. The number of rotatable bonds is 4. The minimum absolute atomic E-state index is 0.0514. The van der Waals surface area contributed by atoms with Crippen molar-refractivity contribution in [1.82, 2.24) is 4.90 Å². The van der Waals surface area contributed by atoms with E-state index < -0.39 is 6.04 Å². The number of morpholine rings is 1. The third-order valence-corrected chi connectivity index (χ3v) is 3.78. The van der Waals surface area contributed by atoms with E-state index in [1.165, 1.54) is 5.56 Å². The van der Waals surface area contributed by atoms with Gasteiger partial charge in [-0.2, -0.15) is 5.26 Å². The zero-order valence-corrected chi connectivity index (χ0v) is 11.8.